The van der Waals surface area contributed by atoms with Gasteiger partial charge in [-0.15, -0.1) is 10.2 Å². The maximum Gasteiger partial charge on any atom is 0.147 e. The predicted octanol–water partition coefficient (Wildman–Crippen LogP) is 1.76. The molecule has 0 aromatic heterocycles. The van der Waals surface area contributed by atoms with E-state index < -0.39 is 0 Å². The number of likely N-dealkylation sites (N-methyl/N-ethyl adjacent to an activating group) is 1. The third-order valence-electron chi connectivity index (χ3n) is 4.12. The van der Waals surface area contributed by atoms with Crippen molar-refractivity contribution in [3.63, 3.8) is 0 Å². The Bertz CT molecular complexity index is 984. The van der Waals surface area contributed by atoms with Crippen molar-refractivity contribution in [2.45, 2.75) is 0 Å². The van der Waals surface area contributed by atoms with Gasteiger partial charge in [-0.1, -0.05) is 36.4 Å². The molecule has 6 nitrogen and oxygen atoms in total. The molecule has 3 aromatic rings. The van der Waals surface area contributed by atoms with E-state index in [2.05, 4.69) is 31.4 Å². The first-order valence-corrected chi connectivity index (χ1v) is 8.73. The zero-order valence-corrected chi connectivity index (χ0v) is 16.9. The van der Waals surface area contributed by atoms with Crippen molar-refractivity contribution in [1.82, 2.24) is 0 Å². The molecule has 0 spiro atoms. The van der Waals surface area contributed by atoms with E-state index in [-0.39, 0.29) is 23.9 Å². The van der Waals surface area contributed by atoms with Crippen molar-refractivity contribution >= 4 is 22.1 Å². The molecule has 28 heavy (non-hydrogen) atoms. The summed E-state index contributed by atoms with van der Waals surface area (Å²) in [4.78, 5) is 0. The van der Waals surface area contributed by atoms with Crippen molar-refractivity contribution in [2.75, 3.05) is 34.3 Å². The Kier molecular flexibility index (Phi) is 6.83. The van der Waals surface area contributed by atoms with E-state index in [9.17, 15) is 10.2 Å². The zero-order chi connectivity index (χ0) is 19.4. The number of phenolic OH excluding ortho intramolecular Hbond substituents is 2. The Morgan fingerprint density at radius 1 is 0.857 bits per heavy atom. The normalized spacial score (nSPS) is 11.5. The first kappa shape index (κ1) is 21.5. The Hall–Kier alpha value is -2.83. The van der Waals surface area contributed by atoms with Crippen molar-refractivity contribution in [3.05, 3.63) is 54.6 Å². The average molecular weight is 402 g/mol. The summed E-state index contributed by atoms with van der Waals surface area (Å²) in [7, 11) is 6.31. The van der Waals surface area contributed by atoms with E-state index in [1.54, 1.807) is 12.1 Å². The van der Waals surface area contributed by atoms with Gasteiger partial charge in [0.25, 0.3) is 0 Å². The molecule has 0 saturated carbocycles. The largest absolute Gasteiger partial charge is 1.00 e. The lowest BCUT2D eigenvalue weighted by Crippen LogP contribution is -3.00. The van der Waals surface area contributed by atoms with Gasteiger partial charge >= 0.3 is 0 Å². The van der Waals surface area contributed by atoms with E-state index in [0.717, 1.165) is 11.0 Å². The van der Waals surface area contributed by atoms with Crippen LogP contribution in [0, 0.1) is 0 Å². The molecule has 0 aliphatic heterocycles. The van der Waals surface area contributed by atoms with Crippen LogP contribution >= 0.6 is 0 Å². The van der Waals surface area contributed by atoms with Gasteiger partial charge in [-0.25, -0.2) is 0 Å². The van der Waals surface area contributed by atoms with E-state index >= 15 is 0 Å². The number of hydrogen-bond acceptors (Lipinski definition) is 5. The number of ether oxygens (including phenoxy) is 1. The summed E-state index contributed by atoms with van der Waals surface area (Å²) in [5.41, 5.74) is 0.889. The van der Waals surface area contributed by atoms with Gasteiger partial charge in [0.1, 0.15) is 41.8 Å². The number of para-hydroxylation sites is 1. The predicted molar refractivity (Wildman–Crippen MR) is 106 cm³/mol. The minimum absolute atomic E-state index is 0. The van der Waals surface area contributed by atoms with E-state index in [4.69, 9.17) is 4.74 Å². The minimum Gasteiger partial charge on any atom is -1.00 e. The molecule has 0 atom stereocenters. The fourth-order valence-electron chi connectivity index (χ4n) is 2.63. The average Bonchev–Trinajstić information content (AvgIpc) is 2.61. The lowest BCUT2D eigenvalue weighted by atomic mass is 10.1. The van der Waals surface area contributed by atoms with Crippen molar-refractivity contribution < 1.29 is 31.8 Å². The zero-order valence-electron chi connectivity index (χ0n) is 16.1. The maximum absolute atomic E-state index is 10.2. The first-order valence-electron chi connectivity index (χ1n) is 8.73. The van der Waals surface area contributed by atoms with Crippen LogP contribution in [0.4, 0.5) is 11.4 Å². The molecule has 148 valence electrons. The number of nitrogens with zero attached hydrogens (tertiary/aromatic N) is 3. The third kappa shape index (κ3) is 5.12. The Labute approximate surface area is 170 Å². The second kappa shape index (κ2) is 8.91. The SMILES string of the molecule is C[N+](C)(C)CCOc1ccccc1/N=N/c1c(O)cc(O)c2ccccc12.[Cl-]. The summed E-state index contributed by atoms with van der Waals surface area (Å²) in [5, 5.41) is 30.0. The van der Waals surface area contributed by atoms with Crippen molar-refractivity contribution in [1.29, 1.82) is 0 Å². The number of quaternary nitrogens is 1. The molecule has 0 bridgehead atoms. The van der Waals surface area contributed by atoms with Gasteiger partial charge < -0.3 is 31.8 Å². The number of phenols is 2. The Morgan fingerprint density at radius 2 is 1.50 bits per heavy atom. The van der Waals surface area contributed by atoms with E-state index in [1.165, 1.54) is 6.07 Å². The highest BCUT2D eigenvalue weighted by atomic mass is 35.5. The molecule has 0 fully saturated rings. The fraction of sp³-hybridized carbons (Fsp3) is 0.238. The highest BCUT2D eigenvalue weighted by Gasteiger charge is 2.12. The lowest BCUT2D eigenvalue weighted by molar-refractivity contribution is -0.870. The van der Waals surface area contributed by atoms with Gasteiger partial charge in [-0.3, -0.25) is 0 Å². The summed E-state index contributed by atoms with van der Waals surface area (Å²) >= 11 is 0. The molecule has 3 rings (SSSR count). The number of rotatable bonds is 6. The second-order valence-corrected chi connectivity index (χ2v) is 7.34. The summed E-state index contributed by atoms with van der Waals surface area (Å²) < 4.78 is 6.67. The van der Waals surface area contributed by atoms with Crippen LogP contribution in [-0.4, -0.2) is 49.0 Å². The Balaban J connectivity index is 0.00000280. The molecule has 0 radical (unpaired) electrons. The number of halogens is 1. The third-order valence-corrected chi connectivity index (χ3v) is 4.12. The smallest absolute Gasteiger partial charge is 0.147 e. The van der Waals surface area contributed by atoms with Crippen LogP contribution in [0.5, 0.6) is 17.2 Å². The molecule has 2 N–H and O–H groups in total. The summed E-state index contributed by atoms with van der Waals surface area (Å²) in [6, 6.07) is 15.9. The molecule has 3 aromatic carbocycles. The first-order chi connectivity index (χ1) is 12.8. The molecule has 0 aliphatic carbocycles. The summed E-state index contributed by atoms with van der Waals surface area (Å²) in [5.74, 6) is 0.516. The molecule has 0 amide bonds. The van der Waals surface area contributed by atoms with Gasteiger partial charge in [-0.2, -0.15) is 0 Å². The summed E-state index contributed by atoms with van der Waals surface area (Å²) in [6.45, 7) is 1.41. The van der Waals surface area contributed by atoms with Gasteiger partial charge in [0.15, 0.2) is 0 Å². The van der Waals surface area contributed by atoms with Gasteiger partial charge in [-0.05, 0) is 12.1 Å². The number of hydrogen-bond donors (Lipinski definition) is 2. The standard InChI is InChI=1S/C21H23N3O3.ClH/c1-24(2,3)12-13-27-20-11-7-6-10-17(20)22-23-21-16-9-5-4-8-15(16)18(25)14-19(21)26;/h4-11,14H,12-13H2,1-3H3,(H-,22,25,26);1H. The van der Waals surface area contributed by atoms with Crippen LogP contribution in [0.1, 0.15) is 0 Å². The second-order valence-electron chi connectivity index (χ2n) is 7.34. The monoisotopic (exact) mass is 401 g/mol. The number of azo groups is 1. The molecule has 7 heteroatoms. The minimum atomic E-state index is -0.126. The van der Waals surface area contributed by atoms with Gasteiger partial charge in [0.05, 0.1) is 21.1 Å². The molecule has 0 aliphatic rings. The molecule has 0 heterocycles. The number of fused-ring (bicyclic) bond motifs is 1. The number of benzene rings is 3. The summed E-state index contributed by atoms with van der Waals surface area (Å²) in [6.07, 6.45) is 0. The topological polar surface area (TPSA) is 74.4 Å². The van der Waals surface area contributed by atoms with Crippen LogP contribution in [0.2, 0.25) is 0 Å². The van der Waals surface area contributed by atoms with Gasteiger partial charge in [0, 0.05) is 16.8 Å². The lowest BCUT2D eigenvalue weighted by Gasteiger charge is -2.23. The fourth-order valence-corrected chi connectivity index (χ4v) is 2.63. The van der Waals surface area contributed by atoms with Crippen LogP contribution in [-0.2, 0) is 0 Å². The van der Waals surface area contributed by atoms with Crippen molar-refractivity contribution in [3.8, 4) is 17.2 Å². The highest BCUT2D eigenvalue weighted by Crippen LogP contribution is 2.41. The highest BCUT2D eigenvalue weighted by molar-refractivity contribution is 5.99. The van der Waals surface area contributed by atoms with Crippen LogP contribution in [0.15, 0.2) is 64.8 Å². The van der Waals surface area contributed by atoms with Crippen LogP contribution in [0.3, 0.4) is 0 Å². The van der Waals surface area contributed by atoms with E-state index in [0.29, 0.717) is 34.5 Å². The van der Waals surface area contributed by atoms with Crippen LogP contribution in [0.25, 0.3) is 10.8 Å². The van der Waals surface area contributed by atoms with Gasteiger partial charge in [0.2, 0.25) is 0 Å². The Morgan fingerprint density at radius 3 is 2.21 bits per heavy atom. The quantitative estimate of drug-likeness (QED) is 0.488. The van der Waals surface area contributed by atoms with Crippen LogP contribution < -0.4 is 17.1 Å². The molecule has 0 saturated heterocycles. The molecular formula is C21H24ClN3O3. The maximum atomic E-state index is 10.2. The van der Waals surface area contributed by atoms with Crippen molar-refractivity contribution in [2.24, 2.45) is 10.2 Å². The molecular weight excluding hydrogens is 378 g/mol. The number of aromatic hydroxyl groups is 2. The molecule has 0 unspecified atom stereocenters. The van der Waals surface area contributed by atoms with E-state index in [1.807, 2.05) is 36.4 Å².